The smallest absolute Gasteiger partial charge is 0.239 e. The topological polar surface area (TPSA) is 37.4 Å². The summed E-state index contributed by atoms with van der Waals surface area (Å²) < 4.78 is 0. The summed E-state index contributed by atoms with van der Waals surface area (Å²) in [5, 5.41) is 0.417. The van der Waals surface area contributed by atoms with E-state index in [2.05, 4.69) is 31.2 Å². The number of para-hydroxylation sites is 1. The highest BCUT2D eigenvalue weighted by Gasteiger charge is 2.66. The van der Waals surface area contributed by atoms with Crippen molar-refractivity contribution in [3.05, 3.63) is 100 Å². The number of rotatable bonds is 1. The first kappa shape index (κ1) is 17.0. The monoisotopic (exact) mass is 399 g/mol. The molecule has 7 rings (SSSR count). The first-order valence-corrected chi connectivity index (χ1v) is 10.2. The summed E-state index contributed by atoms with van der Waals surface area (Å²) in [6.07, 6.45) is 0. The van der Waals surface area contributed by atoms with E-state index in [1.54, 1.807) is 18.2 Å². The minimum absolute atomic E-state index is 0.113. The van der Waals surface area contributed by atoms with E-state index in [-0.39, 0.29) is 17.7 Å². The van der Waals surface area contributed by atoms with Gasteiger partial charge in [0.05, 0.1) is 22.5 Å². The largest absolute Gasteiger partial charge is 0.274 e. The van der Waals surface area contributed by atoms with E-state index in [9.17, 15) is 9.59 Å². The third-order valence-electron chi connectivity index (χ3n) is 7.14. The van der Waals surface area contributed by atoms with Crippen LogP contribution in [0.4, 0.5) is 5.69 Å². The second kappa shape index (κ2) is 5.58. The maximum absolute atomic E-state index is 13.8. The Morgan fingerprint density at radius 1 is 0.793 bits per heavy atom. The van der Waals surface area contributed by atoms with E-state index in [4.69, 9.17) is 11.6 Å². The molecule has 3 aromatic rings. The SMILES string of the molecule is CC12c3ccccc3C(c3ccccc31)C1C(=O)N(c3ccccc3Cl)C(=O)C12. The van der Waals surface area contributed by atoms with Crippen molar-refractivity contribution in [1.82, 2.24) is 0 Å². The number of hydrogen-bond acceptors (Lipinski definition) is 2. The van der Waals surface area contributed by atoms with Crippen LogP contribution in [0.3, 0.4) is 0 Å². The number of nitrogens with zero attached hydrogens (tertiary/aromatic N) is 1. The molecular weight excluding hydrogens is 382 g/mol. The number of anilines is 1. The van der Waals surface area contributed by atoms with Gasteiger partial charge in [-0.15, -0.1) is 0 Å². The lowest BCUT2D eigenvalue weighted by Gasteiger charge is -2.52. The van der Waals surface area contributed by atoms with E-state index in [0.29, 0.717) is 10.7 Å². The molecule has 4 heteroatoms. The maximum atomic E-state index is 13.8. The van der Waals surface area contributed by atoms with Crippen LogP contribution >= 0.6 is 11.6 Å². The Morgan fingerprint density at radius 2 is 1.34 bits per heavy atom. The van der Waals surface area contributed by atoms with Crippen molar-refractivity contribution in [2.24, 2.45) is 11.8 Å². The molecule has 3 aromatic carbocycles. The van der Waals surface area contributed by atoms with Crippen molar-refractivity contribution < 1.29 is 9.59 Å². The summed E-state index contributed by atoms with van der Waals surface area (Å²) >= 11 is 6.39. The molecule has 1 aliphatic heterocycles. The number of benzene rings is 3. The minimum Gasteiger partial charge on any atom is -0.274 e. The van der Waals surface area contributed by atoms with Gasteiger partial charge < -0.3 is 0 Å². The van der Waals surface area contributed by atoms with Gasteiger partial charge in [0.1, 0.15) is 0 Å². The molecule has 0 radical (unpaired) electrons. The Bertz CT molecular complexity index is 1170. The van der Waals surface area contributed by atoms with Crippen LogP contribution in [0.25, 0.3) is 0 Å². The van der Waals surface area contributed by atoms with Crippen LogP contribution in [0.5, 0.6) is 0 Å². The Labute approximate surface area is 173 Å². The molecule has 0 spiro atoms. The molecule has 142 valence electrons. The Morgan fingerprint density at radius 3 is 1.97 bits per heavy atom. The number of carbonyl (C=O) groups is 2. The average Bonchev–Trinajstić information content (AvgIpc) is 3.01. The van der Waals surface area contributed by atoms with Crippen LogP contribution in [0.15, 0.2) is 72.8 Å². The van der Waals surface area contributed by atoms with Crippen molar-refractivity contribution in [2.45, 2.75) is 18.3 Å². The zero-order valence-corrected chi connectivity index (χ0v) is 16.6. The molecule has 29 heavy (non-hydrogen) atoms. The van der Waals surface area contributed by atoms with Gasteiger partial charge in [0.25, 0.3) is 0 Å². The highest BCUT2D eigenvalue weighted by atomic mass is 35.5. The zero-order chi connectivity index (χ0) is 19.9. The first-order chi connectivity index (χ1) is 14.0. The number of imide groups is 1. The third kappa shape index (κ3) is 1.89. The van der Waals surface area contributed by atoms with Gasteiger partial charge in [0.15, 0.2) is 0 Å². The summed E-state index contributed by atoms with van der Waals surface area (Å²) in [7, 11) is 0. The van der Waals surface area contributed by atoms with Gasteiger partial charge in [0, 0.05) is 11.3 Å². The predicted molar refractivity (Wildman–Crippen MR) is 112 cm³/mol. The van der Waals surface area contributed by atoms with Crippen LogP contribution in [-0.4, -0.2) is 11.8 Å². The fourth-order valence-electron chi connectivity index (χ4n) is 6.02. The lowest BCUT2D eigenvalue weighted by atomic mass is 9.48. The van der Waals surface area contributed by atoms with Crippen LogP contribution in [0.2, 0.25) is 5.02 Å². The van der Waals surface area contributed by atoms with E-state index >= 15 is 0 Å². The highest BCUT2D eigenvalue weighted by molar-refractivity contribution is 6.36. The molecule has 3 nitrogen and oxygen atoms in total. The predicted octanol–water partition coefficient (Wildman–Crippen LogP) is 4.91. The van der Waals surface area contributed by atoms with Crippen molar-refractivity contribution in [3.8, 4) is 0 Å². The van der Waals surface area contributed by atoms with Crippen LogP contribution in [0.1, 0.15) is 35.1 Å². The molecule has 2 bridgehead atoms. The average molecular weight is 400 g/mol. The quantitative estimate of drug-likeness (QED) is 0.545. The second-order valence-corrected chi connectivity index (χ2v) is 8.73. The molecule has 1 heterocycles. The van der Waals surface area contributed by atoms with Gasteiger partial charge in [-0.05, 0) is 34.4 Å². The summed E-state index contributed by atoms with van der Waals surface area (Å²) in [6, 6.07) is 23.6. The van der Waals surface area contributed by atoms with E-state index < -0.39 is 17.3 Å². The number of carbonyl (C=O) groups excluding carboxylic acids is 2. The fourth-order valence-corrected chi connectivity index (χ4v) is 6.24. The molecule has 1 saturated heterocycles. The normalized spacial score (nSPS) is 28.9. The molecule has 0 saturated carbocycles. The highest BCUT2D eigenvalue weighted by Crippen LogP contribution is 2.64. The maximum Gasteiger partial charge on any atom is 0.239 e. The van der Waals surface area contributed by atoms with Crippen LogP contribution in [0, 0.1) is 11.8 Å². The lowest BCUT2D eigenvalue weighted by molar-refractivity contribution is -0.123. The van der Waals surface area contributed by atoms with Gasteiger partial charge in [-0.3, -0.25) is 9.59 Å². The van der Waals surface area contributed by atoms with Crippen LogP contribution in [-0.2, 0) is 15.0 Å². The Balaban J connectivity index is 1.64. The Kier molecular flexibility index (Phi) is 3.27. The fraction of sp³-hybridized carbons (Fsp3) is 0.200. The minimum atomic E-state index is -0.546. The van der Waals surface area contributed by atoms with E-state index in [1.165, 1.54) is 4.90 Å². The standard InChI is InChI=1S/C25H18ClNO2/c1-25-16-10-4-2-8-14(16)20(15-9-3-5-11-17(15)25)21-22(25)24(29)27(23(21)28)19-13-7-6-12-18(19)26/h2-13,20-22H,1H3. The van der Waals surface area contributed by atoms with Crippen molar-refractivity contribution in [1.29, 1.82) is 0 Å². The molecule has 1 fully saturated rings. The molecule has 2 amide bonds. The van der Waals surface area contributed by atoms with Gasteiger partial charge in [-0.25, -0.2) is 4.90 Å². The number of amides is 2. The molecule has 2 atom stereocenters. The van der Waals surface area contributed by atoms with Crippen molar-refractivity contribution >= 4 is 29.1 Å². The molecule has 0 N–H and O–H groups in total. The number of hydrogen-bond donors (Lipinski definition) is 0. The van der Waals surface area contributed by atoms with Gasteiger partial charge >= 0.3 is 0 Å². The first-order valence-electron chi connectivity index (χ1n) is 9.86. The lowest BCUT2D eigenvalue weighted by Crippen LogP contribution is -2.51. The molecule has 3 aliphatic carbocycles. The van der Waals surface area contributed by atoms with Crippen molar-refractivity contribution in [3.63, 3.8) is 0 Å². The second-order valence-electron chi connectivity index (χ2n) is 8.32. The van der Waals surface area contributed by atoms with Gasteiger partial charge in [-0.1, -0.05) is 79.2 Å². The molecule has 4 aliphatic rings. The van der Waals surface area contributed by atoms with Gasteiger partial charge in [-0.2, -0.15) is 0 Å². The molecule has 0 aromatic heterocycles. The van der Waals surface area contributed by atoms with Gasteiger partial charge in [0.2, 0.25) is 11.8 Å². The van der Waals surface area contributed by atoms with Crippen molar-refractivity contribution in [2.75, 3.05) is 4.90 Å². The summed E-state index contributed by atoms with van der Waals surface area (Å²) in [5.74, 6) is -1.24. The zero-order valence-electron chi connectivity index (χ0n) is 15.8. The summed E-state index contributed by atoms with van der Waals surface area (Å²) in [4.78, 5) is 28.8. The van der Waals surface area contributed by atoms with Crippen LogP contribution < -0.4 is 4.90 Å². The summed E-state index contributed by atoms with van der Waals surface area (Å²) in [6.45, 7) is 2.12. The summed E-state index contributed by atoms with van der Waals surface area (Å²) in [5.41, 5.74) is 4.58. The molecule has 2 unspecified atom stereocenters. The van der Waals surface area contributed by atoms with E-state index in [1.807, 2.05) is 30.3 Å². The number of halogens is 1. The molecular formula is C25H18ClNO2. The Hall–Kier alpha value is -2.91. The van der Waals surface area contributed by atoms with E-state index in [0.717, 1.165) is 22.3 Å². The third-order valence-corrected chi connectivity index (χ3v) is 7.46.